The highest BCUT2D eigenvalue weighted by atomic mass is 35.5. The van der Waals surface area contributed by atoms with Crippen molar-refractivity contribution in [2.24, 2.45) is 0 Å². The van der Waals surface area contributed by atoms with Crippen molar-refractivity contribution in [1.29, 1.82) is 0 Å². The zero-order valence-electron chi connectivity index (χ0n) is 24.1. The lowest BCUT2D eigenvalue weighted by Gasteiger charge is -2.29. The van der Waals surface area contributed by atoms with Gasteiger partial charge in [0.25, 0.3) is 5.91 Å². The highest BCUT2D eigenvalue weighted by Gasteiger charge is 2.27. The Labute approximate surface area is 256 Å². The van der Waals surface area contributed by atoms with E-state index in [0.717, 1.165) is 22.4 Å². The van der Waals surface area contributed by atoms with E-state index in [-0.39, 0.29) is 54.3 Å². The van der Waals surface area contributed by atoms with Crippen LogP contribution in [0.15, 0.2) is 59.4 Å². The van der Waals surface area contributed by atoms with Gasteiger partial charge >= 0.3 is 5.69 Å². The van der Waals surface area contributed by atoms with E-state index in [4.69, 9.17) is 25.8 Å². The number of anilines is 2. The fourth-order valence-corrected chi connectivity index (χ4v) is 4.86. The van der Waals surface area contributed by atoms with Gasteiger partial charge in [-0.05, 0) is 37.6 Å². The van der Waals surface area contributed by atoms with Gasteiger partial charge in [-0.25, -0.2) is 18.6 Å². The van der Waals surface area contributed by atoms with Crippen LogP contribution in [0.4, 0.5) is 20.3 Å². The van der Waals surface area contributed by atoms with E-state index in [1.54, 1.807) is 13.8 Å². The van der Waals surface area contributed by atoms with Crippen molar-refractivity contribution in [3.63, 3.8) is 0 Å². The highest BCUT2D eigenvalue weighted by Crippen LogP contribution is 2.27. The lowest BCUT2D eigenvalue weighted by Crippen LogP contribution is -2.41. The molecule has 0 bridgehead atoms. The third kappa shape index (κ3) is 6.97. The Hall–Kier alpha value is -4.17. The molecule has 0 radical (unpaired) electrons. The van der Waals surface area contributed by atoms with Crippen LogP contribution in [0.3, 0.4) is 0 Å². The van der Waals surface area contributed by atoms with Crippen LogP contribution in [0.25, 0.3) is 5.82 Å². The largest absolute Gasteiger partial charge is 0.376 e. The maximum Gasteiger partial charge on any atom is 0.352 e. The number of rotatable bonds is 11. The monoisotopic (exact) mass is 628 g/mol. The molecule has 1 aliphatic rings. The minimum Gasteiger partial charge on any atom is -0.376 e. The maximum atomic E-state index is 15.7. The minimum atomic E-state index is -1.01. The van der Waals surface area contributed by atoms with E-state index in [2.05, 4.69) is 20.7 Å². The zero-order chi connectivity index (χ0) is 31.2. The summed E-state index contributed by atoms with van der Waals surface area (Å²) in [6.45, 7) is 5.14. The number of pyridine rings is 1. The molecule has 0 aliphatic carbocycles. The Morgan fingerprint density at radius 1 is 1.14 bits per heavy atom. The smallest absolute Gasteiger partial charge is 0.352 e. The number of nitrogens with one attached hydrogen (secondary N) is 2. The quantitative estimate of drug-likeness (QED) is 0.248. The number of aromatic nitrogens is 4. The second kappa shape index (κ2) is 14.1. The fourth-order valence-electron chi connectivity index (χ4n) is 4.65. The third-order valence-corrected chi connectivity index (χ3v) is 7.28. The van der Waals surface area contributed by atoms with Crippen molar-refractivity contribution in [2.75, 3.05) is 30.5 Å². The van der Waals surface area contributed by atoms with Crippen molar-refractivity contribution in [1.82, 2.24) is 19.3 Å². The molecule has 14 heteroatoms. The van der Waals surface area contributed by atoms with Crippen LogP contribution in [0, 0.1) is 11.6 Å². The molecule has 1 fully saturated rings. The lowest BCUT2D eigenvalue weighted by molar-refractivity contribution is -0.0925. The van der Waals surface area contributed by atoms with Gasteiger partial charge in [-0.3, -0.25) is 9.36 Å². The van der Waals surface area contributed by atoms with Crippen molar-refractivity contribution in [3.05, 3.63) is 98.7 Å². The molecule has 0 saturated carbocycles. The zero-order valence-corrected chi connectivity index (χ0v) is 24.8. The average molecular weight is 629 g/mol. The summed E-state index contributed by atoms with van der Waals surface area (Å²) >= 11 is 6.09. The number of amides is 1. The number of halogens is 3. The van der Waals surface area contributed by atoms with E-state index in [1.165, 1.54) is 16.7 Å². The van der Waals surface area contributed by atoms with Gasteiger partial charge < -0.3 is 24.8 Å². The second-order valence-electron chi connectivity index (χ2n) is 9.99. The summed E-state index contributed by atoms with van der Waals surface area (Å²) in [6, 6.07) is 13.8. The molecule has 5 rings (SSSR count). The first kappa shape index (κ1) is 31.3. The third-order valence-electron chi connectivity index (χ3n) is 6.97. The van der Waals surface area contributed by atoms with Gasteiger partial charge in [0.15, 0.2) is 17.5 Å². The molecule has 2 N–H and O–H groups in total. The molecule has 4 aromatic rings. The summed E-state index contributed by atoms with van der Waals surface area (Å²) in [5, 5.41) is 9.74. The van der Waals surface area contributed by atoms with Gasteiger partial charge in [-0.1, -0.05) is 48.0 Å². The molecule has 44 heavy (non-hydrogen) atoms. The summed E-state index contributed by atoms with van der Waals surface area (Å²) < 4.78 is 49.3. The van der Waals surface area contributed by atoms with E-state index in [0.29, 0.717) is 13.2 Å². The number of carbonyl (C=O) groups is 1. The molecule has 0 unspecified atom stereocenters. The summed E-state index contributed by atoms with van der Waals surface area (Å²) in [4.78, 5) is 31.0. The van der Waals surface area contributed by atoms with E-state index in [1.807, 2.05) is 30.3 Å². The molecular weight excluding hydrogens is 598 g/mol. The Morgan fingerprint density at radius 2 is 1.93 bits per heavy atom. The predicted octanol–water partition coefficient (Wildman–Crippen LogP) is 4.57. The average Bonchev–Trinajstić information content (AvgIpc) is 3.34. The Bertz CT molecular complexity index is 1660. The summed E-state index contributed by atoms with van der Waals surface area (Å²) in [7, 11) is 0. The first-order valence-electron chi connectivity index (χ1n) is 14.0. The van der Waals surface area contributed by atoms with Crippen LogP contribution in [-0.4, -0.2) is 57.2 Å². The van der Waals surface area contributed by atoms with E-state index < -0.39 is 41.2 Å². The highest BCUT2D eigenvalue weighted by molar-refractivity contribution is 6.34. The van der Waals surface area contributed by atoms with Crippen LogP contribution >= 0.6 is 11.6 Å². The standard InChI is InChI=1S/C30H31ClF2N6O5/c1-3-38-25(17-43-15-19-8-5-4-6-9-19)37-39(30(38)41)28-23(33)14-20(29(40)35-26-21(31)10-7-11-22(26)32)27(36-28)34-18(2)24-16-42-12-13-44-24/h4-11,14,18,24H,3,12-13,15-17H2,1-2H3,(H,34,36)(H,35,40)/t18-,24+/m0/s1. The summed E-state index contributed by atoms with van der Waals surface area (Å²) in [5.41, 5.74) is -0.239. The molecule has 2 aromatic carbocycles. The summed E-state index contributed by atoms with van der Waals surface area (Å²) in [5.74, 6) is -2.93. The van der Waals surface area contributed by atoms with Crippen molar-refractivity contribution >= 4 is 29.0 Å². The van der Waals surface area contributed by atoms with Gasteiger partial charge in [-0.2, -0.15) is 4.68 Å². The second-order valence-corrected chi connectivity index (χ2v) is 10.4. The molecule has 3 heterocycles. The first-order valence-corrected chi connectivity index (χ1v) is 14.4. The minimum absolute atomic E-state index is 0.0162. The number of hydrogen-bond donors (Lipinski definition) is 2. The number of hydrogen-bond acceptors (Lipinski definition) is 8. The van der Waals surface area contributed by atoms with Crippen LogP contribution in [0.2, 0.25) is 5.02 Å². The van der Waals surface area contributed by atoms with Crippen LogP contribution < -0.4 is 16.3 Å². The molecule has 0 spiro atoms. The molecule has 232 valence electrons. The number of benzene rings is 2. The number of carbonyl (C=O) groups excluding carboxylic acids is 1. The van der Waals surface area contributed by atoms with Gasteiger partial charge in [0.1, 0.15) is 24.3 Å². The summed E-state index contributed by atoms with van der Waals surface area (Å²) in [6.07, 6.45) is -0.411. The van der Waals surface area contributed by atoms with Gasteiger partial charge in [0.05, 0.1) is 48.7 Å². The molecule has 2 aromatic heterocycles. The van der Waals surface area contributed by atoms with E-state index in [9.17, 15) is 14.0 Å². The van der Waals surface area contributed by atoms with Crippen molar-refractivity contribution < 1.29 is 27.8 Å². The first-order chi connectivity index (χ1) is 21.3. The molecule has 1 amide bonds. The normalized spacial score (nSPS) is 15.6. The number of nitrogens with zero attached hydrogens (tertiary/aromatic N) is 4. The van der Waals surface area contributed by atoms with Gasteiger partial charge in [0.2, 0.25) is 0 Å². The number of para-hydroxylation sites is 1. The maximum absolute atomic E-state index is 15.7. The van der Waals surface area contributed by atoms with Crippen LogP contribution in [-0.2, 0) is 34.0 Å². The van der Waals surface area contributed by atoms with Gasteiger partial charge in [-0.15, -0.1) is 5.10 Å². The van der Waals surface area contributed by atoms with Crippen molar-refractivity contribution in [2.45, 2.75) is 45.8 Å². The molecule has 1 aliphatic heterocycles. The number of ether oxygens (including phenoxy) is 3. The lowest BCUT2D eigenvalue weighted by atomic mass is 10.1. The topological polar surface area (TPSA) is 122 Å². The molecule has 1 saturated heterocycles. The molecular formula is C30H31ClF2N6O5. The van der Waals surface area contributed by atoms with Gasteiger partial charge in [0, 0.05) is 6.54 Å². The van der Waals surface area contributed by atoms with Crippen molar-refractivity contribution in [3.8, 4) is 5.82 Å². The fraction of sp³-hybridized carbons (Fsp3) is 0.333. The van der Waals surface area contributed by atoms with E-state index >= 15 is 4.39 Å². The van der Waals surface area contributed by atoms with Crippen LogP contribution in [0.1, 0.15) is 35.6 Å². The molecule has 11 nitrogen and oxygen atoms in total. The van der Waals surface area contributed by atoms with Crippen LogP contribution in [0.5, 0.6) is 0 Å². The Morgan fingerprint density at radius 3 is 2.64 bits per heavy atom. The molecule has 2 atom stereocenters. The Kier molecular flexibility index (Phi) is 10.0. The SMILES string of the molecule is CCn1c(COCc2ccccc2)nn(-c2nc(N[C@@H](C)[C@H]3COCCO3)c(C(=O)Nc3c(F)cccc3Cl)cc2F)c1=O. The predicted molar refractivity (Wildman–Crippen MR) is 159 cm³/mol. The Balaban J connectivity index is 1.49.